The molecule has 2 rings (SSSR count). The van der Waals surface area contributed by atoms with E-state index >= 15 is 0 Å². The van der Waals surface area contributed by atoms with Gasteiger partial charge in [0, 0.05) is 0 Å². The Balaban J connectivity index is 2.50. The first-order chi connectivity index (χ1) is 8.50. The lowest BCUT2D eigenvalue weighted by Crippen LogP contribution is -2.02. The highest BCUT2D eigenvalue weighted by Crippen LogP contribution is 2.33. The average molecular weight is 269 g/mol. The Kier molecular flexibility index (Phi) is 3.39. The van der Waals surface area contributed by atoms with Gasteiger partial charge in [0.25, 0.3) is 0 Å². The molecule has 2 aromatic rings. The summed E-state index contributed by atoms with van der Waals surface area (Å²) in [5, 5.41) is 2.91. The van der Waals surface area contributed by atoms with Crippen molar-refractivity contribution < 1.29 is 8.78 Å². The average Bonchev–Trinajstić information content (AvgIpc) is 2.33. The summed E-state index contributed by atoms with van der Waals surface area (Å²) in [6.45, 7) is 1.55. The summed E-state index contributed by atoms with van der Waals surface area (Å²) in [6, 6.07) is 7.40. The summed E-state index contributed by atoms with van der Waals surface area (Å²) in [5.41, 5.74) is 6.41. The fourth-order valence-electron chi connectivity index (χ4n) is 1.57. The van der Waals surface area contributed by atoms with Gasteiger partial charge in [0.1, 0.15) is 11.5 Å². The van der Waals surface area contributed by atoms with Crippen molar-refractivity contribution in [2.45, 2.75) is 6.92 Å². The number of aryl methyl sites for hydroxylation is 1. The summed E-state index contributed by atoms with van der Waals surface area (Å²) in [5.74, 6) is -1.35. The Morgan fingerprint density at radius 2 is 1.83 bits per heavy atom. The van der Waals surface area contributed by atoms with E-state index < -0.39 is 11.6 Å². The van der Waals surface area contributed by atoms with Crippen molar-refractivity contribution in [2.75, 3.05) is 11.1 Å². The normalized spacial score (nSPS) is 10.4. The van der Waals surface area contributed by atoms with Gasteiger partial charge in [-0.2, -0.15) is 0 Å². The molecule has 0 atom stereocenters. The highest BCUT2D eigenvalue weighted by atomic mass is 35.5. The number of nitrogens with two attached hydrogens (primary N) is 1. The molecule has 0 saturated carbocycles. The Morgan fingerprint density at radius 1 is 1.11 bits per heavy atom. The topological polar surface area (TPSA) is 38.0 Å². The number of nitrogens with one attached hydrogen (secondary N) is 1. The highest BCUT2D eigenvalue weighted by molar-refractivity contribution is 6.34. The molecule has 94 valence electrons. The zero-order chi connectivity index (χ0) is 13.3. The summed E-state index contributed by atoms with van der Waals surface area (Å²) in [7, 11) is 0. The van der Waals surface area contributed by atoms with E-state index in [4.69, 9.17) is 17.3 Å². The largest absolute Gasteiger partial charge is 0.397 e. The van der Waals surface area contributed by atoms with Gasteiger partial charge in [-0.25, -0.2) is 8.78 Å². The molecule has 0 fully saturated rings. The van der Waals surface area contributed by atoms with Crippen LogP contribution >= 0.6 is 11.6 Å². The van der Waals surface area contributed by atoms with Gasteiger partial charge in [-0.15, -0.1) is 0 Å². The minimum Gasteiger partial charge on any atom is -0.397 e. The molecule has 0 aliphatic carbocycles. The second-order valence-corrected chi connectivity index (χ2v) is 4.29. The van der Waals surface area contributed by atoms with E-state index in [-0.39, 0.29) is 5.69 Å². The van der Waals surface area contributed by atoms with Gasteiger partial charge in [0.05, 0.1) is 16.4 Å². The van der Waals surface area contributed by atoms with Gasteiger partial charge in [-0.1, -0.05) is 23.7 Å². The van der Waals surface area contributed by atoms with E-state index in [0.717, 1.165) is 0 Å². The molecule has 3 N–H and O–H groups in total. The number of nitrogen functional groups attached to an aromatic ring is 1. The highest BCUT2D eigenvalue weighted by Gasteiger charge is 2.14. The lowest BCUT2D eigenvalue weighted by Gasteiger charge is -2.13. The van der Waals surface area contributed by atoms with Gasteiger partial charge in [-0.05, 0) is 30.7 Å². The smallest absolute Gasteiger partial charge is 0.152 e. The number of halogens is 3. The van der Waals surface area contributed by atoms with Crippen molar-refractivity contribution in [3.05, 3.63) is 52.6 Å². The molecule has 0 aliphatic heterocycles. The fourth-order valence-corrected chi connectivity index (χ4v) is 1.80. The maximum absolute atomic E-state index is 13.8. The van der Waals surface area contributed by atoms with Gasteiger partial charge in [0.2, 0.25) is 0 Å². The van der Waals surface area contributed by atoms with Gasteiger partial charge in [0.15, 0.2) is 5.82 Å². The number of hydrogen-bond donors (Lipinski definition) is 2. The Bertz CT molecular complexity index is 580. The van der Waals surface area contributed by atoms with Gasteiger partial charge < -0.3 is 11.1 Å². The van der Waals surface area contributed by atoms with Crippen molar-refractivity contribution in [2.24, 2.45) is 0 Å². The Hall–Kier alpha value is -1.81. The molecule has 0 heterocycles. The molecular weight excluding hydrogens is 258 g/mol. The minimum absolute atomic E-state index is 0.255. The molecule has 0 amide bonds. The van der Waals surface area contributed by atoms with Crippen molar-refractivity contribution in [1.29, 1.82) is 0 Å². The van der Waals surface area contributed by atoms with E-state index in [2.05, 4.69) is 5.32 Å². The zero-order valence-corrected chi connectivity index (χ0v) is 10.4. The third kappa shape index (κ3) is 2.24. The monoisotopic (exact) mass is 268 g/mol. The van der Waals surface area contributed by atoms with Crippen LogP contribution in [0.1, 0.15) is 5.56 Å². The number of benzene rings is 2. The first kappa shape index (κ1) is 12.6. The molecule has 0 saturated heterocycles. The zero-order valence-electron chi connectivity index (χ0n) is 9.60. The van der Waals surface area contributed by atoms with E-state index in [0.29, 0.717) is 22.0 Å². The van der Waals surface area contributed by atoms with Crippen LogP contribution in [-0.2, 0) is 0 Å². The first-order valence-electron chi connectivity index (χ1n) is 5.26. The third-order valence-electron chi connectivity index (χ3n) is 2.58. The van der Waals surface area contributed by atoms with Crippen molar-refractivity contribution in [1.82, 2.24) is 0 Å². The molecule has 18 heavy (non-hydrogen) atoms. The predicted octanol–water partition coefficient (Wildman–Crippen LogP) is 4.25. The number of anilines is 3. The van der Waals surface area contributed by atoms with Crippen LogP contribution in [0.15, 0.2) is 30.3 Å². The molecule has 0 aliphatic rings. The lowest BCUT2D eigenvalue weighted by atomic mass is 10.2. The predicted molar refractivity (Wildman–Crippen MR) is 70.2 cm³/mol. The van der Waals surface area contributed by atoms with Crippen molar-refractivity contribution in [3.63, 3.8) is 0 Å². The third-order valence-corrected chi connectivity index (χ3v) is 2.90. The van der Waals surface area contributed by atoms with Crippen molar-refractivity contribution >= 4 is 28.7 Å². The first-order valence-corrected chi connectivity index (χ1v) is 5.64. The molecule has 0 aromatic heterocycles. The van der Waals surface area contributed by atoms with Crippen LogP contribution in [0.2, 0.25) is 5.02 Å². The molecule has 0 unspecified atom stereocenters. The summed E-state index contributed by atoms with van der Waals surface area (Å²) < 4.78 is 27.4. The van der Waals surface area contributed by atoms with E-state index in [1.807, 2.05) is 0 Å². The molecular formula is C13H11ClF2N2. The Labute approximate surface area is 108 Å². The Morgan fingerprint density at radius 3 is 2.50 bits per heavy atom. The molecule has 0 bridgehead atoms. The molecule has 0 radical (unpaired) electrons. The van der Waals surface area contributed by atoms with Gasteiger partial charge >= 0.3 is 0 Å². The fraction of sp³-hybridized carbons (Fsp3) is 0.0769. The summed E-state index contributed by atoms with van der Waals surface area (Å²) in [4.78, 5) is 0. The molecule has 2 aromatic carbocycles. The molecule has 5 heteroatoms. The van der Waals surface area contributed by atoms with Crippen LogP contribution in [0, 0.1) is 18.6 Å². The van der Waals surface area contributed by atoms with Crippen LogP contribution in [-0.4, -0.2) is 0 Å². The lowest BCUT2D eigenvalue weighted by molar-refractivity contribution is 0.585. The minimum atomic E-state index is -0.697. The van der Waals surface area contributed by atoms with E-state index in [1.165, 1.54) is 12.1 Å². The standard InChI is InChI=1S/C13H11ClF2N2/c1-7-5-6-9(15)13(11(7)16)18-12-8(14)3-2-4-10(12)17/h2-6,18H,17H2,1H3. The number of para-hydroxylation sites is 1. The van der Waals surface area contributed by atoms with Crippen LogP contribution in [0.3, 0.4) is 0 Å². The number of hydrogen-bond acceptors (Lipinski definition) is 2. The van der Waals surface area contributed by atoms with Crippen LogP contribution in [0.5, 0.6) is 0 Å². The van der Waals surface area contributed by atoms with E-state index in [1.54, 1.807) is 25.1 Å². The van der Waals surface area contributed by atoms with Crippen LogP contribution < -0.4 is 11.1 Å². The van der Waals surface area contributed by atoms with E-state index in [9.17, 15) is 8.78 Å². The number of rotatable bonds is 2. The van der Waals surface area contributed by atoms with Crippen LogP contribution in [0.25, 0.3) is 0 Å². The maximum atomic E-state index is 13.8. The SMILES string of the molecule is Cc1ccc(F)c(Nc2c(N)cccc2Cl)c1F. The second-order valence-electron chi connectivity index (χ2n) is 3.88. The summed E-state index contributed by atoms with van der Waals surface area (Å²) >= 11 is 5.94. The maximum Gasteiger partial charge on any atom is 0.152 e. The quantitative estimate of drug-likeness (QED) is 0.799. The molecule has 0 spiro atoms. The molecule has 2 nitrogen and oxygen atoms in total. The summed E-state index contributed by atoms with van der Waals surface area (Å²) in [6.07, 6.45) is 0. The van der Waals surface area contributed by atoms with Crippen molar-refractivity contribution in [3.8, 4) is 0 Å². The second kappa shape index (κ2) is 4.82. The van der Waals surface area contributed by atoms with Crippen LogP contribution in [0.4, 0.5) is 25.8 Å². The van der Waals surface area contributed by atoms with Gasteiger partial charge in [-0.3, -0.25) is 0 Å².